The summed E-state index contributed by atoms with van der Waals surface area (Å²) in [6.07, 6.45) is 0. The van der Waals surface area contributed by atoms with Crippen molar-refractivity contribution >= 4 is 21.7 Å². The Labute approximate surface area is 171 Å². The minimum Gasteiger partial charge on any atom is -0.493 e. The largest absolute Gasteiger partial charge is 0.493 e. The van der Waals surface area contributed by atoms with E-state index in [-0.39, 0.29) is 11.4 Å². The van der Waals surface area contributed by atoms with Crippen LogP contribution in [0.1, 0.15) is 5.56 Å². The third-order valence-corrected chi connectivity index (χ3v) is 4.82. The minimum atomic E-state index is 0.148. The van der Waals surface area contributed by atoms with Crippen LogP contribution in [0.25, 0.3) is 22.4 Å². The summed E-state index contributed by atoms with van der Waals surface area (Å²) < 4.78 is 17.4. The van der Waals surface area contributed by atoms with Crippen LogP contribution in [0.15, 0.2) is 46.9 Å². The molecule has 0 saturated carbocycles. The van der Waals surface area contributed by atoms with Gasteiger partial charge in [0.25, 0.3) is 0 Å². The van der Waals surface area contributed by atoms with Gasteiger partial charge < -0.3 is 19.9 Å². The predicted octanol–water partition coefficient (Wildman–Crippen LogP) is 4.66. The van der Waals surface area contributed by atoms with Crippen LogP contribution in [0.5, 0.6) is 17.2 Å². The van der Waals surface area contributed by atoms with Gasteiger partial charge in [0, 0.05) is 21.2 Å². The number of nitrogens with two attached hydrogens (primary N) is 1. The molecule has 0 aliphatic heterocycles. The maximum Gasteiger partial charge on any atom is 0.203 e. The summed E-state index contributed by atoms with van der Waals surface area (Å²) >= 11 is 3.42. The Morgan fingerprint density at radius 3 is 2.18 bits per heavy atom. The van der Waals surface area contributed by atoms with Crippen molar-refractivity contribution in [2.75, 3.05) is 27.1 Å². The number of nitrogen functional groups attached to an aromatic ring is 1. The van der Waals surface area contributed by atoms with Crippen molar-refractivity contribution < 1.29 is 14.2 Å². The summed E-state index contributed by atoms with van der Waals surface area (Å²) in [7, 11) is 4.62. The molecule has 28 heavy (non-hydrogen) atoms. The van der Waals surface area contributed by atoms with Crippen LogP contribution >= 0.6 is 15.9 Å². The van der Waals surface area contributed by atoms with E-state index in [9.17, 15) is 5.26 Å². The predicted molar refractivity (Wildman–Crippen MR) is 112 cm³/mol. The van der Waals surface area contributed by atoms with E-state index < -0.39 is 0 Å². The van der Waals surface area contributed by atoms with Gasteiger partial charge in [0.1, 0.15) is 17.5 Å². The topological polar surface area (TPSA) is 90.4 Å². The molecule has 3 aromatic rings. The van der Waals surface area contributed by atoms with Crippen LogP contribution in [0.2, 0.25) is 0 Å². The molecule has 2 aromatic carbocycles. The lowest BCUT2D eigenvalue weighted by molar-refractivity contribution is 0.325. The van der Waals surface area contributed by atoms with E-state index in [1.165, 1.54) is 14.2 Å². The molecule has 0 atom stereocenters. The molecular weight excluding hydrogens is 422 g/mol. The molecule has 0 aliphatic rings. The van der Waals surface area contributed by atoms with Crippen molar-refractivity contribution in [2.24, 2.45) is 0 Å². The first-order valence-corrected chi connectivity index (χ1v) is 9.09. The van der Waals surface area contributed by atoms with E-state index in [0.717, 1.165) is 10.0 Å². The van der Waals surface area contributed by atoms with Gasteiger partial charge in [-0.1, -0.05) is 28.1 Å². The van der Waals surface area contributed by atoms with Gasteiger partial charge in [0.15, 0.2) is 11.5 Å². The van der Waals surface area contributed by atoms with Gasteiger partial charge in [-0.15, -0.1) is 0 Å². The average Bonchev–Trinajstić information content (AvgIpc) is 2.72. The fourth-order valence-electron chi connectivity index (χ4n) is 2.98. The zero-order valence-corrected chi connectivity index (χ0v) is 17.2. The molecule has 142 valence electrons. The number of anilines is 1. The Hall–Kier alpha value is -3.24. The number of nitriles is 1. The standard InChI is InChI=1S/C21H18BrN3O3/c1-26-18-9-8-14(19(27-2)20(18)28-3)15-10-17(25-21(24)16(15)11-23)12-4-6-13(22)7-5-12/h4-10H,1-3H3,(H2,24,25). The summed E-state index contributed by atoms with van der Waals surface area (Å²) in [6.45, 7) is 0. The highest BCUT2D eigenvalue weighted by atomic mass is 79.9. The number of halogens is 1. The number of pyridine rings is 1. The summed E-state index contributed by atoms with van der Waals surface area (Å²) in [5.74, 6) is 1.56. The smallest absolute Gasteiger partial charge is 0.203 e. The maximum atomic E-state index is 9.68. The third kappa shape index (κ3) is 3.47. The molecule has 0 bridgehead atoms. The second kappa shape index (κ2) is 8.19. The second-order valence-electron chi connectivity index (χ2n) is 5.82. The Kier molecular flexibility index (Phi) is 5.71. The summed E-state index contributed by atoms with van der Waals surface area (Å²) in [4.78, 5) is 4.41. The first kappa shape index (κ1) is 19.5. The molecule has 6 nitrogen and oxygen atoms in total. The fourth-order valence-corrected chi connectivity index (χ4v) is 3.24. The van der Waals surface area contributed by atoms with E-state index in [1.54, 1.807) is 19.2 Å². The average molecular weight is 440 g/mol. The highest BCUT2D eigenvalue weighted by molar-refractivity contribution is 9.10. The van der Waals surface area contributed by atoms with Crippen molar-refractivity contribution in [1.29, 1.82) is 5.26 Å². The van der Waals surface area contributed by atoms with Gasteiger partial charge in [-0.25, -0.2) is 4.98 Å². The van der Waals surface area contributed by atoms with Crippen molar-refractivity contribution in [3.8, 4) is 45.7 Å². The van der Waals surface area contributed by atoms with Gasteiger partial charge in [-0.2, -0.15) is 5.26 Å². The van der Waals surface area contributed by atoms with Crippen LogP contribution in [-0.4, -0.2) is 26.3 Å². The van der Waals surface area contributed by atoms with Gasteiger partial charge in [0.05, 0.1) is 27.0 Å². The molecule has 0 radical (unpaired) electrons. The van der Waals surface area contributed by atoms with E-state index in [1.807, 2.05) is 30.3 Å². The zero-order chi connectivity index (χ0) is 20.3. The molecular formula is C21H18BrN3O3. The number of methoxy groups -OCH3 is 3. The lowest BCUT2D eigenvalue weighted by Gasteiger charge is -2.17. The van der Waals surface area contributed by atoms with Crippen LogP contribution < -0.4 is 19.9 Å². The van der Waals surface area contributed by atoms with Gasteiger partial charge in [-0.3, -0.25) is 0 Å². The molecule has 1 aromatic heterocycles. The minimum absolute atomic E-state index is 0.148. The van der Waals surface area contributed by atoms with E-state index >= 15 is 0 Å². The van der Waals surface area contributed by atoms with Gasteiger partial charge in [0.2, 0.25) is 5.75 Å². The lowest BCUT2D eigenvalue weighted by Crippen LogP contribution is -2.02. The first-order valence-electron chi connectivity index (χ1n) is 8.29. The van der Waals surface area contributed by atoms with Crippen LogP contribution in [0.4, 0.5) is 5.82 Å². The number of hydrogen-bond acceptors (Lipinski definition) is 6. The second-order valence-corrected chi connectivity index (χ2v) is 6.73. The monoisotopic (exact) mass is 439 g/mol. The van der Waals surface area contributed by atoms with E-state index in [4.69, 9.17) is 19.9 Å². The van der Waals surface area contributed by atoms with Crippen LogP contribution in [0, 0.1) is 11.3 Å². The Morgan fingerprint density at radius 2 is 1.61 bits per heavy atom. The molecule has 0 unspecified atom stereocenters. The lowest BCUT2D eigenvalue weighted by atomic mass is 9.97. The molecule has 0 spiro atoms. The number of hydrogen-bond donors (Lipinski definition) is 1. The molecule has 7 heteroatoms. The van der Waals surface area contributed by atoms with Crippen molar-refractivity contribution in [3.05, 3.63) is 52.5 Å². The molecule has 0 aliphatic carbocycles. The number of aromatic nitrogens is 1. The third-order valence-electron chi connectivity index (χ3n) is 4.29. The summed E-state index contributed by atoms with van der Waals surface area (Å²) in [5, 5.41) is 9.68. The Morgan fingerprint density at radius 1 is 0.929 bits per heavy atom. The summed E-state index contributed by atoms with van der Waals surface area (Å²) in [5.41, 5.74) is 9.17. The number of rotatable bonds is 5. The van der Waals surface area contributed by atoms with Crippen LogP contribution in [0.3, 0.4) is 0 Å². The Balaban J connectivity index is 2.30. The highest BCUT2D eigenvalue weighted by Crippen LogP contribution is 2.46. The summed E-state index contributed by atoms with van der Waals surface area (Å²) in [6, 6.07) is 15.2. The molecule has 0 fully saturated rings. The molecule has 3 rings (SSSR count). The number of ether oxygens (including phenoxy) is 3. The zero-order valence-electron chi connectivity index (χ0n) is 15.6. The highest BCUT2D eigenvalue weighted by Gasteiger charge is 2.21. The van der Waals surface area contributed by atoms with Crippen molar-refractivity contribution in [3.63, 3.8) is 0 Å². The SMILES string of the molecule is COc1ccc(-c2cc(-c3ccc(Br)cc3)nc(N)c2C#N)c(OC)c1OC. The van der Waals surface area contributed by atoms with Gasteiger partial charge >= 0.3 is 0 Å². The van der Waals surface area contributed by atoms with E-state index in [2.05, 4.69) is 27.0 Å². The first-order chi connectivity index (χ1) is 13.5. The molecule has 0 saturated heterocycles. The van der Waals surface area contributed by atoms with Crippen LogP contribution in [-0.2, 0) is 0 Å². The molecule has 2 N–H and O–H groups in total. The fraction of sp³-hybridized carbons (Fsp3) is 0.143. The quantitative estimate of drug-likeness (QED) is 0.621. The Bertz CT molecular complexity index is 1060. The number of nitrogens with zero attached hydrogens (tertiary/aromatic N) is 2. The van der Waals surface area contributed by atoms with Crippen molar-refractivity contribution in [1.82, 2.24) is 4.98 Å². The molecule has 0 amide bonds. The normalized spacial score (nSPS) is 10.2. The maximum absolute atomic E-state index is 9.68. The molecule has 1 heterocycles. The van der Waals surface area contributed by atoms with Crippen molar-refractivity contribution in [2.45, 2.75) is 0 Å². The number of benzene rings is 2. The van der Waals surface area contributed by atoms with Gasteiger partial charge in [-0.05, 0) is 30.3 Å². The van der Waals surface area contributed by atoms with E-state index in [0.29, 0.717) is 34.1 Å².